The van der Waals surface area contributed by atoms with Crippen LogP contribution in [0.3, 0.4) is 0 Å². The van der Waals surface area contributed by atoms with Crippen molar-refractivity contribution in [2.75, 3.05) is 16.8 Å². The lowest BCUT2D eigenvalue weighted by atomic mass is 10.1. The molecule has 2 aliphatic heterocycles. The fourth-order valence-corrected chi connectivity index (χ4v) is 4.94. The number of benzene rings is 2. The fraction of sp³-hybridized carbons (Fsp3) is 0.300. The zero-order valence-corrected chi connectivity index (χ0v) is 15.8. The van der Waals surface area contributed by atoms with Crippen molar-refractivity contribution >= 4 is 27.4 Å². The quantitative estimate of drug-likeness (QED) is 0.787. The van der Waals surface area contributed by atoms with Crippen molar-refractivity contribution in [1.29, 1.82) is 0 Å². The third-order valence-electron chi connectivity index (χ3n) is 4.77. The average Bonchev–Trinajstić information content (AvgIpc) is 3.24. The number of nitrogens with one attached hydrogen (secondary N) is 1. The van der Waals surface area contributed by atoms with E-state index >= 15 is 0 Å². The Hall–Kier alpha value is -2.87. The molecule has 0 bridgehead atoms. The van der Waals surface area contributed by atoms with E-state index in [1.165, 1.54) is 6.07 Å². The molecule has 0 aliphatic carbocycles. The van der Waals surface area contributed by atoms with E-state index in [9.17, 15) is 18.0 Å². The van der Waals surface area contributed by atoms with Crippen LogP contribution in [-0.2, 0) is 25.8 Å². The Morgan fingerprint density at radius 2 is 1.93 bits per heavy atom. The summed E-state index contributed by atoms with van der Waals surface area (Å²) in [6, 6.07) is 13.8. The molecular formula is C20H19NO6S. The summed E-state index contributed by atoms with van der Waals surface area (Å²) in [5.74, 6) is -0.322. The normalized spacial score (nSPS) is 22.1. The van der Waals surface area contributed by atoms with E-state index in [1.54, 1.807) is 18.2 Å². The minimum Gasteiger partial charge on any atom is -0.480 e. The van der Waals surface area contributed by atoms with E-state index in [2.05, 4.69) is 5.32 Å². The predicted molar refractivity (Wildman–Crippen MR) is 102 cm³/mol. The lowest BCUT2D eigenvalue weighted by Crippen LogP contribution is -2.31. The zero-order chi connectivity index (χ0) is 19.7. The van der Waals surface area contributed by atoms with Gasteiger partial charge in [0, 0.05) is 12.1 Å². The maximum Gasteiger partial charge on any atom is 0.338 e. The number of ether oxygens (including phenoxy) is 2. The Bertz CT molecular complexity index is 1010. The molecule has 1 saturated heterocycles. The van der Waals surface area contributed by atoms with Gasteiger partial charge in [-0.3, -0.25) is 4.79 Å². The molecule has 1 N–H and O–H groups in total. The number of fused-ring (bicyclic) bond motifs is 1. The van der Waals surface area contributed by atoms with Gasteiger partial charge in [0.25, 0.3) is 5.91 Å². The molecule has 7 nitrogen and oxygen atoms in total. The van der Waals surface area contributed by atoms with E-state index in [4.69, 9.17) is 9.47 Å². The van der Waals surface area contributed by atoms with Crippen molar-refractivity contribution in [1.82, 2.24) is 0 Å². The van der Waals surface area contributed by atoms with Gasteiger partial charge in [0.05, 0.1) is 17.1 Å². The summed E-state index contributed by atoms with van der Waals surface area (Å²) in [6.45, 7) is 0. The molecule has 0 radical (unpaired) electrons. The van der Waals surface area contributed by atoms with Gasteiger partial charge >= 0.3 is 5.97 Å². The standard InChI is InChI=1S/C20H19NO6S/c22-19(18-11-13-4-1-2-7-17(13)27-18)21-15-6-3-5-14(10-15)20(23)26-16-8-9-28(24,25)12-16/h1-7,10,16,18H,8-9,11-12H2,(H,21,22)/t16-,18+/m1/s1. The molecule has 8 heteroatoms. The van der Waals surface area contributed by atoms with Crippen LogP contribution < -0.4 is 10.1 Å². The predicted octanol–water partition coefficient (Wildman–Crippen LogP) is 1.97. The number of anilines is 1. The Balaban J connectivity index is 1.39. The summed E-state index contributed by atoms with van der Waals surface area (Å²) in [6.07, 6.45) is -0.456. The van der Waals surface area contributed by atoms with Gasteiger partial charge in [-0.1, -0.05) is 24.3 Å². The molecular weight excluding hydrogens is 382 g/mol. The summed E-state index contributed by atoms with van der Waals surface area (Å²) in [5.41, 5.74) is 1.67. The highest BCUT2D eigenvalue weighted by Gasteiger charge is 2.31. The van der Waals surface area contributed by atoms with Gasteiger partial charge in [0.15, 0.2) is 15.9 Å². The molecule has 1 amide bonds. The van der Waals surface area contributed by atoms with Crippen molar-refractivity contribution in [3.05, 3.63) is 59.7 Å². The topological polar surface area (TPSA) is 98.8 Å². The number of para-hydroxylation sites is 1. The number of carbonyl (C=O) groups excluding carboxylic acids is 2. The van der Waals surface area contributed by atoms with Crippen LogP contribution in [0.5, 0.6) is 5.75 Å². The summed E-state index contributed by atoms with van der Waals surface area (Å²) in [7, 11) is -3.13. The summed E-state index contributed by atoms with van der Waals surface area (Å²) in [5, 5.41) is 2.75. The van der Waals surface area contributed by atoms with Gasteiger partial charge in [-0.05, 0) is 36.2 Å². The molecule has 2 heterocycles. The van der Waals surface area contributed by atoms with Gasteiger partial charge in [0.1, 0.15) is 11.9 Å². The molecule has 0 unspecified atom stereocenters. The van der Waals surface area contributed by atoms with Gasteiger partial charge in [-0.15, -0.1) is 0 Å². The molecule has 1 fully saturated rings. The first-order valence-electron chi connectivity index (χ1n) is 8.96. The summed E-state index contributed by atoms with van der Waals surface area (Å²) < 4.78 is 33.9. The maximum absolute atomic E-state index is 12.5. The summed E-state index contributed by atoms with van der Waals surface area (Å²) in [4.78, 5) is 24.8. The Morgan fingerprint density at radius 3 is 2.68 bits per heavy atom. The highest BCUT2D eigenvalue weighted by atomic mass is 32.2. The van der Waals surface area contributed by atoms with Crippen LogP contribution in [0.15, 0.2) is 48.5 Å². The van der Waals surface area contributed by atoms with Crippen molar-refractivity contribution < 1.29 is 27.5 Å². The third kappa shape index (κ3) is 4.01. The van der Waals surface area contributed by atoms with Crippen LogP contribution in [0.1, 0.15) is 22.3 Å². The lowest BCUT2D eigenvalue weighted by Gasteiger charge is -2.13. The van der Waals surface area contributed by atoms with E-state index in [-0.39, 0.29) is 23.0 Å². The van der Waals surface area contributed by atoms with Crippen LogP contribution in [0.4, 0.5) is 5.69 Å². The van der Waals surface area contributed by atoms with Gasteiger partial charge in [-0.25, -0.2) is 13.2 Å². The Morgan fingerprint density at radius 1 is 1.11 bits per heavy atom. The van der Waals surface area contributed by atoms with Crippen molar-refractivity contribution in [2.24, 2.45) is 0 Å². The molecule has 2 aliphatic rings. The minimum atomic E-state index is -3.13. The monoisotopic (exact) mass is 401 g/mol. The first-order valence-corrected chi connectivity index (χ1v) is 10.8. The van der Waals surface area contributed by atoms with E-state index in [0.29, 0.717) is 24.3 Å². The average molecular weight is 401 g/mol. The number of carbonyl (C=O) groups is 2. The van der Waals surface area contributed by atoms with Crippen molar-refractivity contribution in [2.45, 2.75) is 25.0 Å². The zero-order valence-electron chi connectivity index (χ0n) is 15.0. The number of hydrogen-bond acceptors (Lipinski definition) is 6. The van der Waals surface area contributed by atoms with Crippen LogP contribution >= 0.6 is 0 Å². The van der Waals surface area contributed by atoms with E-state index in [0.717, 1.165) is 5.56 Å². The molecule has 2 atom stereocenters. The Kier molecular flexibility index (Phi) is 4.80. The SMILES string of the molecule is O=C(O[C@@H]1CCS(=O)(=O)C1)c1cccc(NC(=O)[C@@H]2Cc3ccccc3O2)c1. The number of amides is 1. The summed E-state index contributed by atoms with van der Waals surface area (Å²) >= 11 is 0. The van der Waals surface area contributed by atoms with Gasteiger partial charge in [-0.2, -0.15) is 0 Å². The van der Waals surface area contributed by atoms with Crippen LogP contribution in [0.2, 0.25) is 0 Å². The van der Waals surface area contributed by atoms with Crippen LogP contribution in [-0.4, -0.2) is 44.0 Å². The first-order chi connectivity index (χ1) is 13.4. The smallest absolute Gasteiger partial charge is 0.338 e. The minimum absolute atomic E-state index is 0.0326. The highest BCUT2D eigenvalue weighted by molar-refractivity contribution is 7.91. The molecule has 146 valence electrons. The number of sulfone groups is 1. The van der Waals surface area contributed by atoms with E-state index in [1.807, 2.05) is 24.3 Å². The number of rotatable bonds is 4. The number of esters is 1. The van der Waals surface area contributed by atoms with E-state index < -0.39 is 28.0 Å². The van der Waals surface area contributed by atoms with Gasteiger partial charge < -0.3 is 14.8 Å². The molecule has 0 spiro atoms. The largest absolute Gasteiger partial charge is 0.480 e. The molecule has 4 rings (SSSR count). The van der Waals surface area contributed by atoms with Crippen LogP contribution in [0.25, 0.3) is 0 Å². The maximum atomic E-state index is 12.5. The number of hydrogen-bond donors (Lipinski definition) is 1. The molecule has 0 aromatic heterocycles. The second-order valence-corrected chi connectivity index (χ2v) is 9.15. The fourth-order valence-electron chi connectivity index (χ4n) is 3.35. The second kappa shape index (κ2) is 7.27. The molecule has 2 aromatic carbocycles. The van der Waals surface area contributed by atoms with Crippen molar-refractivity contribution in [3.8, 4) is 5.75 Å². The van der Waals surface area contributed by atoms with Crippen molar-refractivity contribution in [3.63, 3.8) is 0 Å². The second-order valence-electron chi connectivity index (χ2n) is 6.92. The molecule has 2 aromatic rings. The van der Waals surface area contributed by atoms with Crippen LogP contribution in [0, 0.1) is 0 Å². The lowest BCUT2D eigenvalue weighted by molar-refractivity contribution is -0.122. The van der Waals surface area contributed by atoms with Gasteiger partial charge in [0.2, 0.25) is 0 Å². The Labute approximate surface area is 162 Å². The molecule has 28 heavy (non-hydrogen) atoms. The molecule has 0 saturated carbocycles. The first kappa shape index (κ1) is 18.5. The third-order valence-corrected chi connectivity index (χ3v) is 6.51. The highest BCUT2D eigenvalue weighted by Crippen LogP contribution is 2.28.